The number of aldehydes is 1. The van der Waals surface area contributed by atoms with Crippen molar-refractivity contribution in [3.05, 3.63) is 58.4 Å². The minimum absolute atomic E-state index is 0.243. The molecular weight excluding hydrogens is 227 g/mol. The fourth-order valence-electron chi connectivity index (χ4n) is 2.14. The van der Waals surface area contributed by atoms with Crippen LogP contribution in [-0.2, 0) is 0 Å². The number of hydrogen-bond acceptors (Lipinski definition) is 1. The molecule has 0 heterocycles. The Labute approximate surface area is 106 Å². The van der Waals surface area contributed by atoms with E-state index in [4.69, 9.17) is 0 Å². The molecular formula is C16H15FO. The maximum absolute atomic E-state index is 13.4. The lowest BCUT2D eigenvalue weighted by Gasteiger charge is -2.12. The molecule has 0 fully saturated rings. The second kappa shape index (κ2) is 4.73. The van der Waals surface area contributed by atoms with Crippen LogP contribution in [0.15, 0.2) is 30.3 Å². The van der Waals surface area contributed by atoms with Crippen molar-refractivity contribution in [1.82, 2.24) is 0 Å². The Hall–Kier alpha value is -1.96. The smallest absolute Gasteiger partial charge is 0.150 e. The molecule has 0 aliphatic carbocycles. The summed E-state index contributed by atoms with van der Waals surface area (Å²) in [6.07, 6.45) is 0.852. The summed E-state index contributed by atoms with van der Waals surface area (Å²) in [5.74, 6) is -0.243. The standard InChI is InChI=1S/C16H15FO/c1-10-4-5-14(17)8-16(10)15-7-11(2)13(9-18)6-12(15)3/h4-9H,1-3H3. The van der Waals surface area contributed by atoms with Crippen LogP contribution in [0.4, 0.5) is 4.39 Å². The van der Waals surface area contributed by atoms with E-state index < -0.39 is 0 Å². The molecule has 0 aliphatic rings. The van der Waals surface area contributed by atoms with Gasteiger partial charge in [0, 0.05) is 5.56 Å². The van der Waals surface area contributed by atoms with Gasteiger partial charge in [0.2, 0.25) is 0 Å². The zero-order chi connectivity index (χ0) is 13.3. The Morgan fingerprint density at radius 1 is 0.889 bits per heavy atom. The summed E-state index contributed by atoms with van der Waals surface area (Å²) in [7, 11) is 0. The third kappa shape index (κ3) is 2.19. The number of carbonyl (C=O) groups excluding carboxylic acids is 1. The largest absolute Gasteiger partial charge is 0.298 e. The highest BCUT2D eigenvalue weighted by molar-refractivity contribution is 5.81. The predicted molar refractivity (Wildman–Crippen MR) is 71.4 cm³/mol. The summed E-state index contributed by atoms with van der Waals surface area (Å²) in [5.41, 5.74) is 5.47. The zero-order valence-corrected chi connectivity index (χ0v) is 10.8. The second-order valence-electron chi connectivity index (χ2n) is 4.60. The first kappa shape index (κ1) is 12.5. The molecule has 2 aromatic carbocycles. The van der Waals surface area contributed by atoms with Crippen LogP contribution in [0, 0.1) is 26.6 Å². The van der Waals surface area contributed by atoms with E-state index in [-0.39, 0.29) is 5.82 Å². The Balaban J connectivity index is 2.67. The molecule has 0 spiro atoms. The van der Waals surface area contributed by atoms with Crippen molar-refractivity contribution < 1.29 is 9.18 Å². The van der Waals surface area contributed by atoms with E-state index in [1.165, 1.54) is 12.1 Å². The molecule has 2 rings (SSSR count). The number of aryl methyl sites for hydroxylation is 3. The zero-order valence-electron chi connectivity index (χ0n) is 10.8. The van der Waals surface area contributed by atoms with Gasteiger partial charge >= 0.3 is 0 Å². The van der Waals surface area contributed by atoms with Gasteiger partial charge < -0.3 is 0 Å². The highest BCUT2D eigenvalue weighted by atomic mass is 19.1. The van der Waals surface area contributed by atoms with E-state index in [9.17, 15) is 9.18 Å². The summed E-state index contributed by atoms with van der Waals surface area (Å²) in [6, 6.07) is 8.56. The lowest BCUT2D eigenvalue weighted by molar-refractivity contribution is 0.112. The average molecular weight is 242 g/mol. The van der Waals surface area contributed by atoms with Crippen molar-refractivity contribution in [2.45, 2.75) is 20.8 Å². The van der Waals surface area contributed by atoms with E-state index in [2.05, 4.69) is 0 Å². The number of rotatable bonds is 2. The Morgan fingerprint density at radius 3 is 2.22 bits per heavy atom. The lowest BCUT2D eigenvalue weighted by Crippen LogP contribution is -1.94. The number of benzene rings is 2. The Morgan fingerprint density at radius 2 is 1.56 bits per heavy atom. The summed E-state index contributed by atoms with van der Waals surface area (Å²) in [4.78, 5) is 10.9. The Kier molecular flexibility index (Phi) is 3.28. The topological polar surface area (TPSA) is 17.1 Å². The first-order valence-corrected chi connectivity index (χ1v) is 5.86. The monoisotopic (exact) mass is 242 g/mol. The highest BCUT2D eigenvalue weighted by Crippen LogP contribution is 2.29. The Bertz CT molecular complexity index is 615. The van der Waals surface area contributed by atoms with Gasteiger partial charge in [0.05, 0.1) is 0 Å². The molecule has 2 aromatic rings. The molecule has 0 aliphatic heterocycles. The maximum atomic E-state index is 13.4. The molecule has 18 heavy (non-hydrogen) atoms. The van der Waals surface area contributed by atoms with Crippen LogP contribution in [0.25, 0.3) is 11.1 Å². The minimum Gasteiger partial charge on any atom is -0.298 e. The van der Waals surface area contributed by atoms with Gasteiger partial charge in [-0.2, -0.15) is 0 Å². The van der Waals surface area contributed by atoms with Crippen LogP contribution in [0.2, 0.25) is 0 Å². The molecule has 0 amide bonds. The normalized spacial score (nSPS) is 10.4. The number of carbonyl (C=O) groups is 1. The van der Waals surface area contributed by atoms with Gasteiger partial charge in [-0.25, -0.2) is 4.39 Å². The maximum Gasteiger partial charge on any atom is 0.150 e. The molecule has 0 atom stereocenters. The average Bonchev–Trinajstić information content (AvgIpc) is 2.35. The van der Waals surface area contributed by atoms with Gasteiger partial charge in [0.1, 0.15) is 12.1 Å². The minimum atomic E-state index is -0.243. The van der Waals surface area contributed by atoms with Gasteiger partial charge in [-0.1, -0.05) is 12.1 Å². The van der Waals surface area contributed by atoms with Crippen molar-refractivity contribution in [3.63, 3.8) is 0 Å². The van der Waals surface area contributed by atoms with Crippen molar-refractivity contribution in [3.8, 4) is 11.1 Å². The number of hydrogen-bond donors (Lipinski definition) is 0. The summed E-state index contributed by atoms with van der Waals surface area (Å²) >= 11 is 0. The van der Waals surface area contributed by atoms with E-state index in [0.717, 1.165) is 34.1 Å². The fourth-order valence-corrected chi connectivity index (χ4v) is 2.14. The molecule has 0 N–H and O–H groups in total. The summed E-state index contributed by atoms with van der Waals surface area (Å²) in [5, 5.41) is 0. The SMILES string of the molecule is Cc1cc(-c2cc(F)ccc2C)c(C)cc1C=O. The van der Waals surface area contributed by atoms with Gasteiger partial charge in [0.15, 0.2) is 0 Å². The molecule has 0 bridgehead atoms. The van der Waals surface area contributed by atoms with Crippen LogP contribution in [-0.4, -0.2) is 6.29 Å². The summed E-state index contributed by atoms with van der Waals surface area (Å²) in [6.45, 7) is 5.78. The van der Waals surface area contributed by atoms with E-state index in [1.54, 1.807) is 6.07 Å². The first-order chi connectivity index (χ1) is 8.52. The van der Waals surface area contributed by atoms with E-state index >= 15 is 0 Å². The lowest BCUT2D eigenvalue weighted by atomic mass is 9.93. The van der Waals surface area contributed by atoms with Crippen LogP contribution in [0.3, 0.4) is 0 Å². The van der Waals surface area contributed by atoms with Crippen molar-refractivity contribution in [2.24, 2.45) is 0 Å². The van der Waals surface area contributed by atoms with Crippen LogP contribution in [0.5, 0.6) is 0 Å². The van der Waals surface area contributed by atoms with Gasteiger partial charge in [0.25, 0.3) is 0 Å². The second-order valence-corrected chi connectivity index (χ2v) is 4.60. The van der Waals surface area contributed by atoms with Crippen molar-refractivity contribution >= 4 is 6.29 Å². The van der Waals surface area contributed by atoms with Crippen LogP contribution >= 0.6 is 0 Å². The molecule has 92 valence electrons. The van der Waals surface area contributed by atoms with Crippen LogP contribution < -0.4 is 0 Å². The third-order valence-electron chi connectivity index (χ3n) is 3.23. The van der Waals surface area contributed by atoms with Crippen LogP contribution in [0.1, 0.15) is 27.0 Å². The summed E-state index contributed by atoms with van der Waals surface area (Å²) < 4.78 is 13.4. The molecule has 0 saturated heterocycles. The van der Waals surface area contributed by atoms with E-state index in [1.807, 2.05) is 32.9 Å². The molecule has 2 heteroatoms. The predicted octanol–water partition coefficient (Wildman–Crippen LogP) is 4.23. The van der Waals surface area contributed by atoms with Gasteiger partial charge in [-0.15, -0.1) is 0 Å². The molecule has 0 unspecified atom stereocenters. The fraction of sp³-hybridized carbons (Fsp3) is 0.188. The first-order valence-electron chi connectivity index (χ1n) is 5.86. The highest BCUT2D eigenvalue weighted by Gasteiger charge is 2.09. The quantitative estimate of drug-likeness (QED) is 0.720. The number of halogens is 1. The molecule has 1 nitrogen and oxygen atoms in total. The molecule has 0 radical (unpaired) electrons. The third-order valence-corrected chi connectivity index (χ3v) is 3.23. The molecule has 0 aromatic heterocycles. The van der Waals surface area contributed by atoms with Crippen molar-refractivity contribution in [2.75, 3.05) is 0 Å². The van der Waals surface area contributed by atoms with E-state index in [0.29, 0.717) is 5.56 Å². The molecule has 0 saturated carbocycles. The van der Waals surface area contributed by atoms with Crippen molar-refractivity contribution in [1.29, 1.82) is 0 Å². The van der Waals surface area contributed by atoms with Gasteiger partial charge in [-0.05, 0) is 66.8 Å². The van der Waals surface area contributed by atoms with Gasteiger partial charge in [-0.3, -0.25) is 4.79 Å².